The second-order valence-corrected chi connectivity index (χ2v) is 6.96. The van der Waals surface area contributed by atoms with Crippen LogP contribution in [0.2, 0.25) is 0 Å². The van der Waals surface area contributed by atoms with Gasteiger partial charge in [-0.15, -0.1) is 0 Å². The molecular weight excluding hydrogens is 365 g/mol. The van der Waals surface area contributed by atoms with E-state index in [4.69, 9.17) is 0 Å². The van der Waals surface area contributed by atoms with Crippen LogP contribution in [-0.2, 0) is 19.5 Å². The van der Waals surface area contributed by atoms with Gasteiger partial charge in [0.1, 0.15) is 0 Å². The molecule has 3 heteroatoms. The summed E-state index contributed by atoms with van der Waals surface area (Å²) in [6, 6.07) is 32.5. The summed E-state index contributed by atoms with van der Waals surface area (Å²) < 4.78 is 0. The first-order chi connectivity index (χ1) is 11.4. The molecule has 0 N–H and O–H groups in total. The van der Waals surface area contributed by atoms with Crippen molar-refractivity contribution in [2.45, 2.75) is 13.8 Å². The predicted octanol–water partition coefficient (Wildman–Crippen LogP) is 0.885. The second kappa shape index (κ2) is 16.6. The van der Waals surface area contributed by atoms with Gasteiger partial charge in [0.2, 0.25) is 0 Å². The van der Waals surface area contributed by atoms with Gasteiger partial charge >= 0.3 is 18.9 Å². The van der Waals surface area contributed by atoms with Crippen molar-refractivity contribution >= 4 is 24.4 Å². The molecular formula is C22H25LiSiZn-. The van der Waals surface area contributed by atoms with Crippen molar-refractivity contribution in [3.05, 3.63) is 105 Å². The topological polar surface area (TPSA) is 0 Å². The smallest absolute Gasteiger partial charge is 0.346 e. The first-order valence-corrected chi connectivity index (χ1v) is 9.40. The van der Waals surface area contributed by atoms with E-state index in [1.165, 1.54) is 15.6 Å². The molecule has 0 aromatic heterocycles. The molecule has 0 aliphatic rings. The van der Waals surface area contributed by atoms with Gasteiger partial charge in [-0.3, -0.25) is 0 Å². The quantitative estimate of drug-likeness (QED) is 0.354. The van der Waals surface area contributed by atoms with Crippen molar-refractivity contribution < 1.29 is 38.3 Å². The number of hydrogen-bond donors (Lipinski definition) is 0. The van der Waals surface area contributed by atoms with Gasteiger partial charge in [0.25, 0.3) is 0 Å². The number of benzene rings is 3. The van der Waals surface area contributed by atoms with Crippen molar-refractivity contribution in [3.63, 3.8) is 0 Å². The van der Waals surface area contributed by atoms with Gasteiger partial charge in [-0.2, -0.15) is 13.8 Å². The Kier molecular flexibility index (Phi) is 17.4. The Bertz CT molecular complexity index is 536. The molecule has 0 bridgehead atoms. The molecule has 0 spiro atoms. The van der Waals surface area contributed by atoms with Gasteiger partial charge in [-0.05, 0) is 0 Å². The van der Waals surface area contributed by atoms with Crippen molar-refractivity contribution in [1.82, 2.24) is 0 Å². The summed E-state index contributed by atoms with van der Waals surface area (Å²) in [6.07, 6.45) is 0. The minimum atomic E-state index is -0.877. The van der Waals surface area contributed by atoms with Crippen LogP contribution in [0.1, 0.15) is 13.8 Å². The first-order valence-electron chi connectivity index (χ1n) is 7.90. The minimum Gasteiger partial charge on any atom is -0.346 e. The van der Waals surface area contributed by atoms with Crippen molar-refractivity contribution in [3.8, 4) is 0 Å². The fourth-order valence-electron chi connectivity index (χ4n) is 2.31. The summed E-state index contributed by atoms with van der Waals surface area (Å²) in [6.45, 7) is 10.0. The Labute approximate surface area is 180 Å². The van der Waals surface area contributed by atoms with Crippen LogP contribution in [0.3, 0.4) is 0 Å². The predicted molar refractivity (Wildman–Crippen MR) is 106 cm³/mol. The van der Waals surface area contributed by atoms with E-state index in [9.17, 15) is 0 Å². The molecule has 3 rings (SSSR count). The summed E-state index contributed by atoms with van der Waals surface area (Å²) in [5.41, 5.74) is 0. The van der Waals surface area contributed by atoms with E-state index in [-0.39, 0.29) is 38.3 Å². The maximum absolute atomic E-state index is 3.25. The summed E-state index contributed by atoms with van der Waals surface area (Å²) in [5.74, 6) is 0. The van der Waals surface area contributed by atoms with Crippen molar-refractivity contribution in [2.75, 3.05) is 0 Å². The summed E-state index contributed by atoms with van der Waals surface area (Å²) in [4.78, 5) is 0. The van der Waals surface area contributed by atoms with Crippen LogP contribution >= 0.6 is 0 Å². The van der Waals surface area contributed by atoms with Gasteiger partial charge in [-0.1, -0.05) is 107 Å². The summed E-state index contributed by atoms with van der Waals surface area (Å²) >= 11 is 0. The Balaban J connectivity index is 0. The van der Waals surface area contributed by atoms with Crippen LogP contribution in [0.4, 0.5) is 0 Å². The zero-order valence-electron chi connectivity index (χ0n) is 15.8. The average molecular weight is 390 g/mol. The standard InChI is InChI=1S/C18H15Si.2C2H5.Li.Zn/c1-4-10-16(11-5-1)19(17-12-6-2-7-13-17)18-14-8-3-9-15-18;2*1-2;;/h1-15H;2*1H2,2H3;;/q;2*-1;+1;. The maximum atomic E-state index is 3.25. The van der Waals surface area contributed by atoms with E-state index < -0.39 is 8.80 Å². The van der Waals surface area contributed by atoms with Gasteiger partial charge < -0.3 is 13.8 Å². The normalized spacial score (nSPS) is 8.52. The van der Waals surface area contributed by atoms with Crippen LogP contribution in [-0.4, -0.2) is 8.80 Å². The molecule has 0 unspecified atom stereocenters. The van der Waals surface area contributed by atoms with Crippen molar-refractivity contribution in [2.24, 2.45) is 0 Å². The molecule has 0 saturated heterocycles. The zero-order valence-corrected chi connectivity index (χ0v) is 19.7. The van der Waals surface area contributed by atoms with E-state index in [1.54, 1.807) is 13.8 Å². The second-order valence-electron chi connectivity index (χ2n) is 4.47. The Morgan fingerprint density at radius 2 is 0.680 bits per heavy atom. The Morgan fingerprint density at radius 1 is 0.480 bits per heavy atom. The van der Waals surface area contributed by atoms with Crippen LogP contribution in [0.15, 0.2) is 91.0 Å². The summed E-state index contributed by atoms with van der Waals surface area (Å²) in [7, 11) is -0.877. The molecule has 25 heavy (non-hydrogen) atoms. The molecule has 3 aromatic carbocycles. The number of hydrogen-bond acceptors (Lipinski definition) is 0. The fraction of sp³-hybridized carbons (Fsp3) is 0.0909. The van der Waals surface area contributed by atoms with Gasteiger partial charge in [0, 0.05) is 19.5 Å². The molecule has 0 aliphatic heterocycles. The van der Waals surface area contributed by atoms with Crippen molar-refractivity contribution in [1.29, 1.82) is 0 Å². The van der Waals surface area contributed by atoms with Crippen LogP contribution in [0.5, 0.6) is 0 Å². The molecule has 0 nitrogen and oxygen atoms in total. The zero-order chi connectivity index (χ0) is 16.9. The van der Waals surface area contributed by atoms with Crippen LogP contribution in [0.25, 0.3) is 0 Å². The largest absolute Gasteiger partial charge is 1.00 e. The van der Waals surface area contributed by atoms with E-state index in [0.29, 0.717) is 0 Å². The molecule has 0 heterocycles. The third kappa shape index (κ3) is 8.35. The van der Waals surface area contributed by atoms with Gasteiger partial charge in [0.15, 0.2) is 8.80 Å². The first kappa shape index (κ1) is 26.3. The van der Waals surface area contributed by atoms with Gasteiger partial charge in [0.05, 0.1) is 0 Å². The molecule has 0 atom stereocenters. The third-order valence-corrected chi connectivity index (χ3v) is 5.92. The molecule has 1 radical (unpaired) electrons. The van der Waals surface area contributed by atoms with Crippen LogP contribution < -0.4 is 34.4 Å². The monoisotopic (exact) mass is 388 g/mol. The molecule has 0 fully saturated rings. The average Bonchev–Trinajstić information content (AvgIpc) is 2.68. The summed E-state index contributed by atoms with van der Waals surface area (Å²) in [5, 5.41) is 4.31. The minimum absolute atomic E-state index is 0. The molecule has 0 saturated carbocycles. The van der Waals surface area contributed by atoms with E-state index in [0.717, 1.165) is 0 Å². The van der Waals surface area contributed by atoms with E-state index >= 15 is 0 Å². The number of rotatable bonds is 3. The Morgan fingerprint density at radius 3 is 0.880 bits per heavy atom. The van der Waals surface area contributed by atoms with Crippen LogP contribution in [0, 0.1) is 13.8 Å². The molecule has 0 aliphatic carbocycles. The van der Waals surface area contributed by atoms with Gasteiger partial charge in [-0.25, -0.2) is 0 Å². The van der Waals surface area contributed by atoms with E-state index in [2.05, 4.69) is 105 Å². The van der Waals surface area contributed by atoms with E-state index in [1.807, 2.05) is 0 Å². The Hall–Kier alpha value is -0.902. The maximum Gasteiger partial charge on any atom is 1.00 e. The fourth-order valence-corrected chi connectivity index (χ4v) is 4.89. The molecule has 3 aromatic rings. The third-order valence-electron chi connectivity index (χ3n) is 3.19. The SMILES string of the molecule is [CH2-]C.[CH2-]C.[Li+].[Zn].c1ccc([Si](c2ccccc2)c2ccccc2)cc1. The molecule has 0 amide bonds. The molecule has 121 valence electrons.